The molecule has 0 aromatic heterocycles. The molecule has 0 bridgehead atoms. The second-order valence-electron chi connectivity index (χ2n) is 15.1. The summed E-state index contributed by atoms with van der Waals surface area (Å²) in [5, 5.41) is 0. The zero-order valence-corrected chi connectivity index (χ0v) is 31.3. The van der Waals surface area contributed by atoms with E-state index in [0.29, 0.717) is 0 Å². The Balaban J connectivity index is 1.87. The molecule has 1 atom stereocenters. The first-order chi connectivity index (χ1) is 20.6. The van der Waals surface area contributed by atoms with Crippen LogP contribution in [0.4, 0.5) is 0 Å². The summed E-state index contributed by atoms with van der Waals surface area (Å²) in [5.74, 6) is 0. The molecular formula is C41H44Cl2Zr. The van der Waals surface area contributed by atoms with Crippen molar-refractivity contribution in [2.45, 2.75) is 73.5 Å². The minimum absolute atomic E-state index is 0.0140. The van der Waals surface area contributed by atoms with Gasteiger partial charge in [-0.2, -0.15) is 0 Å². The molecule has 4 aromatic carbocycles. The van der Waals surface area contributed by atoms with Crippen molar-refractivity contribution in [1.82, 2.24) is 0 Å². The van der Waals surface area contributed by atoms with Gasteiger partial charge in [-0.3, -0.25) is 0 Å². The summed E-state index contributed by atoms with van der Waals surface area (Å²) in [5.41, 5.74) is 12.4. The van der Waals surface area contributed by atoms with E-state index in [2.05, 4.69) is 165 Å². The van der Waals surface area contributed by atoms with E-state index in [0.717, 1.165) is 14.3 Å². The first kappa shape index (κ1) is 31.7. The van der Waals surface area contributed by atoms with Crippen molar-refractivity contribution in [1.29, 1.82) is 0 Å². The van der Waals surface area contributed by atoms with Gasteiger partial charge in [0.25, 0.3) is 0 Å². The van der Waals surface area contributed by atoms with Crippen molar-refractivity contribution in [3.05, 3.63) is 154 Å². The van der Waals surface area contributed by atoms with E-state index in [1.165, 1.54) is 44.5 Å². The first-order valence-corrected chi connectivity index (χ1v) is 26.2. The van der Waals surface area contributed by atoms with Gasteiger partial charge < -0.3 is 0 Å². The van der Waals surface area contributed by atoms with Gasteiger partial charge in [-0.05, 0) is 0 Å². The summed E-state index contributed by atoms with van der Waals surface area (Å²) in [6.07, 6.45) is 4.68. The van der Waals surface area contributed by atoms with E-state index in [4.69, 9.17) is 17.0 Å². The summed E-state index contributed by atoms with van der Waals surface area (Å²) in [6, 6.07) is 35.6. The topological polar surface area (TPSA) is 0 Å². The Kier molecular flexibility index (Phi) is 7.84. The second kappa shape index (κ2) is 10.9. The first-order valence-electron chi connectivity index (χ1n) is 15.8. The second-order valence-corrected chi connectivity index (χ2v) is 35.7. The minimum atomic E-state index is -5.43. The number of fused-ring (bicyclic) bond motifs is 3. The normalized spacial score (nSPS) is 17.2. The Labute approximate surface area is 272 Å². The molecule has 2 aliphatic rings. The maximum absolute atomic E-state index is 8.84. The summed E-state index contributed by atoms with van der Waals surface area (Å²) in [6.45, 7) is 18.2. The van der Waals surface area contributed by atoms with E-state index >= 15 is 0 Å². The Morgan fingerprint density at radius 2 is 1.05 bits per heavy atom. The fourth-order valence-corrected chi connectivity index (χ4v) is 29.3. The molecule has 0 amide bonds. The van der Waals surface area contributed by atoms with Crippen LogP contribution in [0.2, 0.25) is 3.63 Å². The van der Waals surface area contributed by atoms with Crippen LogP contribution in [0.5, 0.6) is 0 Å². The van der Waals surface area contributed by atoms with Crippen molar-refractivity contribution in [2.24, 2.45) is 0 Å². The van der Waals surface area contributed by atoms with E-state index in [1.807, 2.05) is 0 Å². The number of rotatable bonds is 4. The predicted octanol–water partition coefficient (Wildman–Crippen LogP) is 12.3. The van der Waals surface area contributed by atoms with Crippen LogP contribution >= 0.6 is 17.0 Å². The Bertz CT molecular complexity index is 1780. The fraction of sp³-hybridized carbons (Fsp3) is 0.293. The van der Waals surface area contributed by atoms with Crippen LogP contribution in [-0.2, 0) is 26.7 Å². The van der Waals surface area contributed by atoms with Gasteiger partial charge in [-0.25, -0.2) is 0 Å². The fourth-order valence-electron chi connectivity index (χ4n) is 7.63. The van der Waals surface area contributed by atoms with Gasteiger partial charge in [0.05, 0.1) is 0 Å². The summed E-state index contributed by atoms with van der Waals surface area (Å²) in [4.78, 5) is 0. The molecule has 6 rings (SSSR count). The summed E-state index contributed by atoms with van der Waals surface area (Å²) >= 11 is -5.43. The van der Waals surface area contributed by atoms with Crippen molar-refractivity contribution >= 4 is 20.2 Å². The van der Waals surface area contributed by atoms with Crippen LogP contribution in [0, 0.1) is 0 Å². The summed E-state index contributed by atoms with van der Waals surface area (Å²) < 4.78 is 0.946. The van der Waals surface area contributed by atoms with Gasteiger partial charge in [0.1, 0.15) is 0 Å². The average Bonchev–Trinajstić information content (AvgIpc) is 3.49. The van der Waals surface area contributed by atoms with Crippen LogP contribution in [0.15, 0.2) is 120 Å². The molecule has 0 spiro atoms. The van der Waals surface area contributed by atoms with Crippen molar-refractivity contribution < 1.29 is 15.9 Å². The molecular weight excluding hydrogens is 655 g/mol. The zero-order valence-electron chi connectivity index (χ0n) is 27.3. The van der Waals surface area contributed by atoms with Crippen molar-refractivity contribution in [3.8, 4) is 11.1 Å². The molecule has 3 heteroatoms. The average molecular weight is 699 g/mol. The molecule has 0 saturated carbocycles. The molecule has 44 heavy (non-hydrogen) atoms. The van der Waals surface area contributed by atoms with Crippen LogP contribution in [0.25, 0.3) is 11.1 Å². The van der Waals surface area contributed by atoms with Crippen LogP contribution in [-0.4, -0.2) is 3.21 Å². The van der Waals surface area contributed by atoms with Crippen molar-refractivity contribution in [3.63, 3.8) is 0 Å². The standard InChI is InChI=1S/C21H25.C13H10.C7H9.2ClH.Zr/c1-20(2,3)16-7-9-18-14(12-16)11-15-13-17(21(4,5)6)8-10-19(15)18;1-3-7-12(8-4-1)11-13-9-5-2-6-10-13;1-6-3-4-7(2)5-6;;;/h7-13H,1-6H3;1-10H;3-5H,1-2H3;2*1H;/q;;;;;+2/p-2. The molecule has 226 valence electrons. The molecule has 2 aliphatic carbocycles. The molecule has 0 N–H and O–H groups in total. The third kappa shape index (κ3) is 5.12. The van der Waals surface area contributed by atoms with Crippen molar-refractivity contribution in [2.75, 3.05) is 0 Å². The third-order valence-electron chi connectivity index (χ3n) is 9.82. The van der Waals surface area contributed by atoms with E-state index in [9.17, 15) is 0 Å². The Hall–Kier alpha value is -2.31. The van der Waals surface area contributed by atoms with Gasteiger partial charge in [0.2, 0.25) is 0 Å². The molecule has 0 saturated heterocycles. The Morgan fingerprint density at radius 3 is 1.41 bits per heavy atom. The number of hydrogen-bond donors (Lipinski definition) is 0. The maximum atomic E-state index is 8.84. The molecule has 4 aromatic rings. The zero-order chi connectivity index (χ0) is 31.7. The van der Waals surface area contributed by atoms with Gasteiger partial charge in [-0.15, -0.1) is 0 Å². The predicted molar refractivity (Wildman–Crippen MR) is 190 cm³/mol. The quantitative estimate of drug-likeness (QED) is 0.199. The molecule has 1 unspecified atom stereocenters. The van der Waals surface area contributed by atoms with E-state index in [1.54, 1.807) is 0 Å². The SMILES string of the molecule is CC1=C[CH]([Zr]([Cl])([Cl])(=[C](c2ccccc2)c2ccccc2)[CH]2c3cc(C(C)(C)C)ccc3-c3ccc(C(C)(C)C)cc32)C(C)=C1. The monoisotopic (exact) mass is 696 g/mol. The van der Waals surface area contributed by atoms with Gasteiger partial charge in [0.15, 0.2) is 0 Å². The summed E-state index contributed by atoms with van der Waals surface area (Å²) in [7, 11) is 17.7. The third-order valence-corrected chi connectivity index (χ3v) is 29.7. The number of halogens is 2. The number of allylic oxidation sites excluding steroid dienone is 4. The molecule has 0 aliphatic heterocycles. The molecule has 0 fully saturated rings. The molecule has 0 heterocycles. The van der Waals surface area contributed by atoms with Gasteiger partial charge in [-0.1, -0.05) is 0 Å². The van der Waals surface area contributed by atoms with Gasteiger partial charge >= 0.3 is 274 Å². The molecule has 0 nitrogen and oxygen atoms in total. The van der Waals surface area contributed by atoms with Crippen LogP contribution in [0.3, 0.4) is 0 Å². The van der Waals surface area contributed by atoms with Crippen LogP contribution < -0.4 is 0 Å². The Morgan fingerprint density at radius 1 is 0.614 bits per heavy atom. The van der Waals surface area contributed by atoms with Gasteiger partial charge in [0, 0.05) is 0 Å². The molecule has 0 radical (unpaired) electrons. The number of hydrogen-bond acceptors (Lipinski definition) is 0. The number of benzene rings is 4. The van der Waals surface area contributed by atoms with E-state index in [-0.39, 0.29) is 18.1 Å². The van der Waals surface area contributed by atoms with Crippen LogP contribution in [0.1, 0.15) is 92.4 Å². The van der Waals surface area contributed by atoms with E-state index < -0.39 is 15.9 Å².